The van der Waals surface area contributed by atoms with Gasteiger partial charge in [-0.25, -0.2) is 0 Å². The van der Waals surface area contributed by atoms with Crippen LogP contribution in [-0.2, 0) is 11.3 Å². The first-order valence-corrected chi connectivity index (χ1v) is 3.90. The molecule has 1 rings (SSSR count). The molecule has 0 aromatic heterocycles. The first-order valence-electron chi connectivity index (χ1n) is 3.90. The minimum absolute atomic E-state index is 0.646. The average molecular weight is 165 g/mol. The minimum atomic E-state index is 0.646. The van der Waals surface area contributed by atoms with Crippen LogP contribution in [0.3, 0.4) is 0 Å². The van der Waals surface area contributed by atoms with Gasteiger partial charge in [0.1, 0.15) is 6.29 Å². The molecule has 2 heteroatoms. The molecule has 0 bridgehead atoms. The Morgan fingerprint density at radius 2 is 1.92 bits per heavy atom. The van der Waals surface area contributed by atoms with Gasteiger partial charge in [0.15, 0.2) is 0 Å². The third-order valence-electron chi connectivity index (χ3n) is 1.48. The summed E-state index contributed by atoms with van der Waals surface area (Å²) in [6.45, 7) is 4.16. The number of aryl methyl sites for hydroxylation is 1. The summed E-state index contributed by atoms with van der Waals surface area (Å²) < 4.78 is 0. The second kappa shape index (κ2) is 6.55. The van der Waals surface area contributed by atoms with E-state index in [1.807, 2.05) is 12.1 Å². The lowest BCUT2D eigenvalue weighted by molar-refractivity contribution is -0.106. The van der Waals surface area contributed by atoms with Gasteiger partial charge in [0.25, 0.3) is 0 Å². The van der Waals surface area contributed by atoms with Gasteiger partial charge >= 0.3 is 0 Å². The highest BCUT2D eigenvalue weighted by molar-refractivity contribution is 5.44. The van der Waals surface area contributed by atoms with Crippen molar-refractivity contribution in [3.8, 4) is 0 Å². The van der Waals surface area contributed by atoms with Gasteiger partial charge in [0.05, 0.1) is 0 Å². The Hall–Kier alpha value is -1.15. The molecule has 0 heterocycles. The summed E-state index contributed by atoms with van der Waals surface area (Å²) in [5.74, 6) is 0. The van der Waals surface area contributed by atoms with Gasteiger partial charge in [-0.3, -0.25) is 0 Å². The van der Waals surface area contributed by atoms with Crippen LogP contribution in [0.4, 0.5) is 0 Å². The van der Waals surface area contributed by atoms with Gasteiger partial charge < -0.3 is 10.5 Å². The number of carbonyl (C=O) groups is 1. The van der Waals surface area contributed by atoms with E-state index in [-0.39, 0.29) is 0 Å². The largest absolute Gasteiger partial charge is 0.326 e. The molecule has 0 spiro atoms. The zero-order valence-electron chi connectivity index (χ0n) is 7.58. The van der Waals surface area contributed by atoms with Crippen LogP contribution in [0.25, 0.3) is 0 Å². The van der Waals surface area contributed by atoms with Crippen LogP contribution < -0.4 is 5.73 Å². The molecule has 0 radical (unpaired) electrons. The fraction of sp³-hybridized carbons (Fsp3) is 0.300. The molecule has 2 nitrogen and oxygen atoms in total. The summed E-state index contributed by atoms with van der Waals surface area (Å²) >= 11 is 0. The molecule has 1 aromatic carbocycles. The van der Waals surface area contributed by atoms with E-state index in [1.54, 1.807) is 0 Å². The zero-order chi connectivity index (χ0) is 9.40. The van der Waals surface area contributed by atoms with E-state index < -0.39 is 0 Å². The number of benzene rings is 1. The van der Waals surface area contributed by atoms with Crippen molar-refractivity contribution < 1.29 is 4.79 Å². The van der Waals surface area contributed by atoms with Crippen LogP contribution in [0.2, 0.25) is 0 Å². The van der Waals surface area contributed by atoms with E-state index in [0.29, 0.717) is 6.54 Å². The molecule has 0 amide bonds. The van der Waals surface area contributed by atoms with Crippen LogP contribution in [0.5, 0.6) is 0 Å². The molecule has 0 saturated heterocycles. The van der Waals surface area contributed by atoms with E-state index in [2.05, 4.69) is 19.1 Å². The zero-order valence-corrected chi connectivity index (χ0v) is 7.58. The Morgan fingerprint density at radius 3 is 2.25 bits per heavy atom. The Balaban J connectivity index is 0.000000354. The molecule has 0 aliphatic heterocycles. The van der Waals surface area contributed by atoms with Gasteiger partial charge in [-0.05, 0) is 25.0 Å². The summed E-state index contributed by atoms with van der Waals surface area (Å²) in [5.41, 5.74) is 7.96. The van der Waals surface area contributed by atoms with Crippen LogP contribution in [0.15, 0.2) is 24.3 Å². The fourth-order valence-electron chi connectivity index (χ4n) is 0.839. The van der Waals surface area contributed by atoms with Crippen LogP contribution in [0, 0.1) is 6.92 Å². The van der Waals surface area contributed by atoms with Crippen LogP contribution in [-0.4, -0.2) is 6.29 Å². The monoisotopic (exact) mass is 165 g/mol. The lowest BCUT2D eigenvalue weighted by atomic mass is 10.1. The molecule has 66 valence electrons. The van der Waals surface area contributed by atoms with Crippen molar-refractivity contribution in [2.24, 2.45) is 5.73 Å². The lowest BCUT2D eigenvalue weighted by Crippen LogP contribution is -1.97. The van der Waals surface area contributed by atoms with Crippen molar-refractivity contribution in [1.29, 1.82) is 0 Å². The van der Waals surface area contributed by atoms with E-state index >= 15 is 0 Å². The van der Waals surface area contributed by atoms with Crippen molar-refractivity contribution in [3.63, 3.8) is 0 Å². The van der Waals surface area contributed by atoms with Crippen LogP contribution in [0.1, 0.15) is 18.1 Å². The van der Waals surface area contributed by atoms with E-state index in [1.165, 1.54) is 18.1 Å². The van der Waals surface area contributed by atoms with Crippen molar-refractivity contribution >= 4 is 6.29 Å². The van der Waals surface area contributed by atoms with Crippen molar-refractivity contribution in [2.75, 3.05) is 0 Å². The first-order chi connectivity index (χ1) is 5.76. The average Bonchev–Trinajstić information content (AvgIpc) is 2.07. The third kappa shape index (κ3) is 3.88. The fourth-order valence-corrected chi connectivity index (χ4v) is 0.839. The molecule has 1 aromatic rings. The standard InChI is InChI=1S/C8H11N.C2H4O/c1-7-4-2-3-5-8(7)6-9;1-2-3/h2-5H,6,9H2,1H3;2H,1H3. The molecule has 2 N–H and O–H groups in total. The Labute approximate surface area is 73.4 Å². The smallest absolute Gasteiger partial charge is 0.116 e. The normalized spacial score (nSPS) is 8.25. The summed E-state index contributed by atoms with van der Waals surface area (Å²) in [5, 5.41) is 0. The highest BCUT2D eigenvalue weighted by Gasteiger charge is 1.89. The predicted molar refractivity (Wildman–Crippen MR) is 50.8 cm³/mol. The summed E-state index contributed by atoms with van der Waals surface area (Å²) in [7, 11) is 0. The molecule has 0 unspecified atom stereocenters. The topological polar surface area (TPSA) is 43.1 Å². The molecule has 0 saturated carbocycles. The third-order valence-corrected chi connectivity index (χ3v) is 1.48. The Kier molecular flexibility index (Phi) is 5.93. The number of aldehydes is 1. The van der Waals surface area contributed by atoms with Crippen molar-refractivity contribution in [3.05, 3.63) is 35.4 Å². The molecule has 0 aliphatic rings. The van der Waals surface area contributed by atoms with Gasteiger partial charge in [0, 0.05) is 6.54 Å². The number of carbonyl (C=O) groups excluding carboxylic acids is 1. The lowest BCUT2D eigenvalue weighted by Gasteiger charge is -1.98. The van der Waals surface area contributed by atoms with Crippen molar-refractivity contribution in [2.45, 2.75) is 20.4 Å². The molecule has 0 atom stereocenters. The maximum absolute atomic E-state index is 8.81. The number of nitrogens with two attached hydrogens (primary N) is 1. The number of hydrogen-bond acceptors (Lipinski definition) is 2. The maximum atomic E-state index is 8.81. The van der Waals surface area contributed by atoms with Gasteiger partial charge in [-0.1, -0.05) is 24.3 Å². The summed E-state index contributed by atoms with van der Waals surface area (Å²) in [6.07, 6.45) is 0.750. The maximum Gasteiger partial charge on any atom is 0.116 e. The predicted octanol–water partition coefficient (Wildman–Crippen LogP) is 1.66. The second-order valence-corrected chi connectivity index (χ2v) is 2.37. The van der Waals surface area contributed by atoms with Crippen LogP contribution >= 0.6 is 0 Å². The first kappa shape index (κ1) is 10.8. The Morgan fingerprint density at radius 1 is 1.42 bits per heavy atom. The van der Waals surface area contributed by atoms with E-state index in [9.17, 15) is 0 Å². The number of rotatable bonds is 1. The van der Waals surface area contributed by atoms with Gasteiger partial charge in [-0.15, -0.1) is 0 Å². The second-order valence-electron chi connectivity index (χ2n) is 2.37. The van der Waals surface area contributed by atoms with Gasteiger partial charge in [-0.2, -0.15) is 0 Å². The minimum Gasteiger partial charge on any atom is -0.326 e. The summed E-state index contributed by atoms with van der Waals surface area (Å²) in [6, 6.07) is 8.15. The molecule has 12 heavy (non-hydrogen) atoms. The van der Waals surface area contributed by atoms with Gasteiger partial charge in [0.2, 0.25) is 0 Å². The summed E-state index contributed by atoms with van der Waals surface area (Å²) in [4.78, 5) is 8.81. The van der Waals surface area contributed by atoms with Crippen molar-refractivity contribution in [1.82, 2.24) is 0 Å². The molecule has 0 fully saturated rings. The van der Waals surface area contributed by atoms with E-state index in [0.717, 1.165) is 6.29 Å². The molecular weight excluding hydrogens is 150 g/mol. The number of hydrogen-bond donors (Lipinski definition) is 1. The molecular formula is C10H15NO. The highest BCUT2D eigenvalue weighted by Crippen LogP contribution is 2.04. The SMILES string of the molecule is CC=O.Cc1ccccc1CN. The highest BCUT2D eigenvalue weighted by atomic mass is 16.1. The molecule has 0 aliphatic carbocycles. The Bertz CT molecular complexity index is 233. The van der Waals surface area contributed by atoms with E-state index in [4.69, 9.17) is 10.5 Å². The quantitative estimate of drug-likeness (QED) is 0.643.